The number of hydrogen-bond donors (Lipinski definition) is 1. The zero-order chi connectivity index (χ0) is 13.0. The van der Waals surface area contributed by atoms with Crippen molar-refractivity contribution >= 4 is 12.1 Å². The summed E-state index contributed by atoms with van der Waals surface area (Å²) in [6.45, 7) is 0. The van der Waals surface area contributed by atoms with Gasteiger partial charge < -0.3 is 8.98 Å². The van der Waals surface area contributed by atoms with Crippen LogP contribution >= 0.6 is 0 Å². The number of pyridine rings is 1. The highest BCUT2D eigenvalue weighted by Crippen LogP contribution is 1.96. The number of nitrogens with zero attached hydrogens (tertiary/aromatic N) is 2. The Morgan fingerprint density at radius 1 is 1.44 bits per heavy atom. The first-order chi connectivity index (χ1) is 8.66. The van der Waals surface area contributed by atoms with Gasteiger partial charge in [-0.15, -0.1) is 0 Å². The normalized spacial score (nSPS) is 10.7. The average molecular weight is 245 g/mol. The number of carbonyl (C=O) groups excluding carboxylic acids is 1. The largest absolute Gasteiger partial charge is 0.463 e. The molecule has 2 rings (SSSR count). The summed E-state index contributed by atoms with van der Waals surface area (Å²) in [5, 5.41) is 3.74. The van der Waals surface area contributed by atoms with Crippen molar-refractivity contribution in [2.24, 2.45) is 12.1 Å². The summed E-state index contributed by atoms with van der Waals surface area (Å²) < 4.78 is 6.33. The van der Waals surface area contributed by atoms with Crippen LogP contribution in [0.25, 0.3) is 0 Å². The molecule has 1 amide bonds. The Kier molecular flexibility index (Phi) is 3.38. The fraction of sp³-hybridized carbons (Fsp3) is 0.0833. The predicted molar refractivity (Wildman–Crippen MR) is 65.5 cm³/mol. The summed E-state index contributed by atoms with van der Waals surface area (Å²) in [7, 11) is 1.57. The first-order valence-electron chi connectivity index (χ1n) is 5.20. The van der Waals surface area contributed by atoms with E-state index in [-0.39, 0.29) is 5.56 Å². The average Bonchev–Trinajstić information content (AvgIpc) is 2.85. The Balaban J connectivity index is 2.04. The van der Waals surface area contributed by atoms with Gasteiger partial charge in [0.2, 0.25) is 5.56 Å². The lowest BCUT2D eigenvalue weighted by Crippen LogP contribution is -2.22. The molecule has 6 nitrogen and oxygen atoms in total. The Morgan fingerprint density at radius 2 is 2.28 bits per heavy atom. The maximum Gasteiger partial charge on any atom is 0.272 e. The summed E-state index contributed by atoms with van der Waals surface area (Å²) >= 11 is 0. The van der Waals surface area contributed by atoms with Gasteiger partial charge in [0.15, 0.2) is 0 Å². The topological polar surface area (TPSA) is 76.6 Å². The molecule has 2 aromatic heterocycles. The lowest BCUT2D eigenvalue weighted by Gasteiger charge is -2.01. The SMILES string of the molecule is Cn1cc(C(=O)N/N=C\c2ccco2)ccc1=O. The van der Waals surface area contributed by atoms with Crippen LogP contribution in [-0.4, -0.2) is 16.7 Å². The number of hydrogen-bond acceptors (Lipinski definition) is 4. The maximum atomic E-state index is 11.7. The number of nitrogens with one attached hydrogen (secondary N) is 1. The van der Waals surface area contributed by atoms with Crippen molar-refractivity contribution in [1.29, 1.82) is 0 Å². The molecular formula is C12H11N3O3. The van der Waals surface area contributed by atoms with Gasteiger partial charge in [0.25, 0.3) is 5.91 Å². The van der Waals surface area contributed by atoms with Crippen LogP contribution in [0.1, 0.15) is 16.1 Å². The van der Waals surface area contributed by atoms with Gasteiger partial charge in [0.05, 0.1) is 18.0 Å². The zero-order valence-corrected chi connectivity index (χ0v) is 9.66. The maximum absolute atomic E-state index is 11.7. The highest BCUT2D eigenvalue weighted by Gasteiger charge is 2.04. The third kappa shape index (κ3) is 2.73. The molecule has 0 aromatic carbocycles. The van der Waals surface area contributed by atoms with Gasteiger partial charge in [-0.3, -0.25) is 9.59 Å². The van der Waals surface area contributed by atoms with Crippen molar-refractivity contribution in [3.8, 4) is 0 Å². The number of aromatic nitrogens is 1. The molecule has 0 saturated carbocycles. The first kappa shape index (κ1) is 11.8. The van der Waals surface area contributed by atoms with Gasteiger partial charge >= 0.3 is 0 Å². The van der Waals surface area contributed by atoms with Crippen molar-refractivity contribution in [2.75, 3.05) is 0 Å². The predicted octanol–water partition coefficient (Wildman–Crippen LogP) is 0.742. The molecule has 2 heterocycles. The van der Waals surface area contributed by atoms with E-state index in [0.29, 0.717) is 11.3 Å². The van der Waals surface area contributed by atoms with Crippen LogP contribution in [0.5, 0.6) is 0 Å². The zero-order valence-electron chi connectivity index (χ0n) is 9.66. The number of hydrazone groups is 1. The van der Waals surface area contributed by atoms with Crippen LogP contribution in [0.3, 0.4) is 0 Å². The van der Waals surface area contributed by atoms with Crippen LogP contribution in [0, 0.1) is 0 Å². The van der Waals surface area contributed by atoms with Crippen LogP contribution < -0.4 is 11.0 Å². The minimum Gasteiger partial charge on any atom is -0.463 e. The second-order valence-electron chi connectivity index (χ2n) is 3.58. The molecule has 2 aromatic rings. The highest BCUT2D eigenvalue weighted by atomic mass is 16.3. The van der Waals surface area contributed by atoms with Crippen molar-refractivity contribution in [1.82, 2.24) is 9.99 Å². The number of amides is 1. The molecule has 18 heavy (non-hydrogen) atoms. The quantitative estimate of drug-likeness (QED) is 0.640. The summed E-state index contributed by atoms with van der Waals surface area (Å²) in [5.41, 5.74) is 2.52. The molecule has 92 valence electrons. The number of furan rings is 1. The van der Waals surface area contributed by atoms with Crippen LogP contribution in [0.15, 0.2) is 51.0 Å². The fourth-order valence-electron chi connectivity index (χ4n) is 1.31. The van der Waals surface area contributed by atoms with Gasteiger partial charge in [-0.05, 0) is 18.2 Å². The van der Waals surface area contributed by atoms with Crippen molar-refractivity contribution in [2.45, 2.75) is 0 Å². The molecule has 0 spiro atoms. The Bertz CT molecular complexity index is 626. The van der Waals surface area contributed by atoms with E-state index in [1.165, 1.54) is 35.4 Å². The van der Waals surface area contributed by atoms with E-state index in [4.69, 9.17) is 4.42 Å². The third-order valence-electron chi connectivity index (χ3n) is 2.25. The Hall–Kier alpha value is -2.63. The second kappa shape index (κ2) is 5.13. The van der Waals surface area contributed by atoms with E-state index < -0.39 is 5.91 Å². The number of rotatable bonds is 3. The second-order valence-corrected chi connectivity index (χ2v) is 3.58. The van der Waals surface area contributed by atoms with E-state index >= 15 is 0 Å². The van der Waals surface area contributed by atoms with Crippen molar-refractivity contribution in [3.05, 3.63) is 58.4 Å². The molecule has 0 bridgehead atoms. The summed E-state index contributed by atoms with van der Waals surface area (Å²) in [6, 6.07) is 6.20. The summed E-state index contributed by atoms with van der Waals surface area (Å²) in [5.74, 6) is 0.143. The van der Waals surface area contributed by atoms with Crippen LogP contribution in [-0.2, 0) is 7.05 Å². The van der Waals surface area contributed by atoms with Gasteiger partial charge in [-0.25, -0.2) is 5.43 Å². The van der Waals surface area contributed by atoms with E-state index in [2.05, 4.69) is 10.5 Å². The first-order valence-corrected chi connectivity index (χ1v) is 5.20. The lowest BCUT2D eigenvalue weighted by atomic mass is 10.3. The molecule has 0 saturated heterocycles. The van der Waals surface area contributed by atoms with Gasteiger partial charge in [-0.2, -0.15) is 5.10 Å². The van der Waals surface area contributed by atoms with Crippen LogP contribution in [0.2, 0.25) is 0 Å². The van der Waals surface area contributed by atoms with Crippen molar-refractivity contribution in [3.63, 3.8) is 0 Å². The van der Waals surface area contributed by atoms with Crippen molar-refractivity contribution < 1.29 is 9.21 Å². The van der Waals surface area contributed by atoms with Gasteiger partial charge in [-0.1, -0.05) is 0 Å². The Labute approximate surface area is 103 Å². The molecule has 1 N–H and O–H groups in total. The highest BCUT2D eigenvalue weighted by molar-refractivity contribution is 5.94. The lowest BCUT2D eigenvalue weighted by molar-refractivity contribution is 0.0954. The van der Waals surface area contributed by atoms with E-state index in [1.807, 2.05) is 0 Å². The molecule has 6 heteroatoms. The molecule has 0 aliphatic rings. The Morgan fingerprint density at radius 3 is 2.94 bits per heavy atom. The minimum atomic E-state index is -0.395. The van der Waals surface area contributed by atoms with E-state index in [1.54, 1.807) is 19.2 Å². The van der Waals surface area contributed by atoms with Gasteiger partial charge in [0, 0.05) is 19.3 Å². The van der Waals surface area contributed by atoms with E-state index in [9.17, 15) is 9.59 Å². The monoisotopic (exact) mass is 245 g/mol. The van der Waals surface area contributed by atoms with Crippen LogP contribution in [0.4, 0.5) is 0 Å². The molecule has 0 atom stereocenters. The molecular weight excluding hydrogens is 234 g/mol. The molecule has 0 aliphatic carbocycles. The molecule has 0 radical (unpaired) electrons. The summed E-state index contributed by atoms with van der Waals surface area (Å²) in [6.07, 6.45) is 4.34. The number of carbonyl (C=O) groups is 1. The standard InChI is InChI=1S/C12H11N3O3/c1-15-8-9(4-5-11(15)16)12(17)14-13-7-10-3-2-6-18-10/h2-8H,1H3,(H,14,17)/b13-7-. The number of aryl methyl sites for hydroxylation is 1. The molecule has 0 aliphatic heterocycles. The fourth-order valence-corrected chi connectivity index (χ4v) is 1.31. The summed E-state index contributed by atoms with van der Waals surface area (Å²) in [4.78, 5) is 22.8. The minimum absolute atomic E-state index is 0.175. The van der Waals surface area contributed by atoms with E-state index in [0.717, 1.165) is 0 Å². The van der Waals surface area contributed by atoms with Gasteiger partial charge in [0.1, 0.15) is 5.76 Å². The molecule has 0 unspecified atom stereocenters. The third-order valence-corrected chi connectivity index (χ3v) is 2.25. The molecule has 0 fully saturated rings. The smallest absolute Gasteiger partial charge is 0.272 e.